The van der Waals surface area contributed by atoms with Crippen molar-refractivity contribution < 1.29 is 23.1 Å². The molecule has 2 atom stereocenters. The van der Waals surface area contributed by atoms with E-state index in [1.807, 2.05) is 11.8 Å². The maximum Gasteiger partial charge on any atom is 0.356 e. The van der Waals surface area contributed by atoms with Crippen molar-refractivity contribution in [3.63, 3.8) is 0 Å². The predicted molar refractivity (Wildman–Crippen MR) is 79.1 cm³/mol. The summed E-state index contributed by atoms with van der Waals surface area (Å²) in [5.74, 6) is -0.788. The first-order valence-electron chi connectivity index (χ1n) is 7.19. The van der Waals surface area contributed by atoms with Gasteiger partial charge < -0.3 is 9.84 Å². The Morgan fingerprint density at radius 1 is 1.50 bits per heavy atom. The fraction of sp³-hybridized carbons (Fsp3) is 0.692. The van der Waals surface area contributed by atoms with Crippen LogP contribution in [0.1, 0.15) is 29.9 Å². The maximum absolute atomic E-state index is 11.8. The summed E-state index contributed by atoms with van der Waals surface area (Å²) in [7, 11) is -3.22. The third kappa shape index (κ3) is 3.65. The first kappa shape index (κ1) is 16.9. The number of aliphatic hydroxyl groups is 1. The van der Waals surface area contributed by atoms with Crippen LogP contribution in [0.3, 0.4) is 0 Å². The minimum absolute atomic E-state index is 0.0748. The number of carbonyl (C=O) groups excluding carboxylic acids is 1. The summed E-state index contributed by atoms with van der Waals surface area (Å²) in [5, 5.41) is 16.4. The highest BCUT2D eigenvalue weighted by molar-refractivity contribution is 7.91. The van der Waals surface area contributed by atoms with E-state index in [1.165, 1.54) is 6.20 Å². The van der Waals surface area contributed by atoms with E-state index in [4.69, 9.17) is 4.74 Å². The first-order valence-corrected chi connectivity index (χ1v) is 9.02. The molecule has 0 bridgehead atoms. The Kier molecular flexibility index (Phi) is 5.20. The van der Waals surface area contributed by atoms with E-state index in [2.05, 4.69) is 10.2 Å². The molecule has 2 N–H and O–H groups in total. The van der Waals surface area contributed by atoms with Gasteiger partial charge in [-0.25, -0.2) is 13.2 Å². The second-order valence-electron chi connectivity index (χ2n) is 5.27. The Hall–Kier alpha value is -1.45. The number of aromatic amines is 1. The lowest BCUT2D eigenvalue weighted by Gasteiger charge is -2.28. The van der Waals surface area contributed by atoms with Gasteiger partial charge >= 0.3 is 5.97 Å². The molecule has 0 aliphatic carbocycles. The van der Waals surface area contributed by atoms with Crippen LogP contribution < -0.4 is 0 Å². The van der Waals surface area contributed by atoms with Crippen LogP contribution in [0, 0.1) is 0 Å². The third-order valence-electron chi connectivity index (χ3n) is 3.74. The lowest BCUT2D eigenvalue weighted by Crippen LogP contribution is -2.42. The van der Waals surface area contributed by atoms with Crippen LogP contribution in [-0.2, 0) is 21.1 Å². The topological polar surface area (TPSA) is 113 Å². The van der Waals surface area contributed by atoms with Crippen molar-refractivity contribution in [1.29, 1.82) is 0 Å². The van der Waals surface area contributed by atoms with Crippen LogP contribution >= 0.6 is 0 Å². The molecule has 8 nitrogen and oxygen atoms in total. The van der Waals surface area contributed by atoms with E-state index in [1.54, 1.807) is 6.92 Å². The van der Waals surface area contributed by atoms with Crippen molar-refractivity contribution in [2.75, 3.05) is 24.7 Å². The molecule has 0 radical (unpaired) electrons. The Morgan fingerprint density at radius 3 is 2.77 bits per heavy atom. The fourth-order valence-corrected chi connectivity index (χ4v) is 4.48. The molecule has 0 aromatic carbocycles. The second-order valence-corrected chi connectivity index (χ2v) is 7.42. The number of H-pyrrole nitrogens is 1. The quantitative estimate of drug-likeness (QED) is 0.680. The zero-order chi connectivity index (χ0) is 16.3. The average molecular weight is 331 g/mol. The molecular weight excluding hydrogens is 310 g/mol. The molecule has 9 heteroatoms. The number of nitrogens with zero attached hydrogens (tertiary/aromatic N) is 2. The smallest absolute Gasteiger partial charge is 0.356 e. The van der Waals surface area contributed by atoms with Crippen LogP contribution in [0.5, 0.6) is 0 Å². The molecule has 0 amide bonds. The summed E-state index contributed by atoms with van der Waals surface area (Å²) >= 11 is 0. The molecule has 0 saturated carbocycles. The van der Waals surface area contributed by atoms with E-state index in [9.17, 15) is 18.3 Å². The summed E-state index contributed by atoms with van der Waals surface area (Å²) in [6.07, 6.45) is 0.605. The molecule has 1 aliphatic rings. The summed E-state index contributed by atoms with van der Waals surface area (Å²) < 4.78 is 28.3. The van der Waals surface area contributed by atoms with Crippen molar-refractivity contribution in [1.82, 2.24) is 15.1 Å². The van der Waals surface area contributed by atoms with Gasteiger partial charge in [-0.3, -0.25) is 10.00 Å². The Bertz CT molecular complexity index is 627. The van der Waals surface area contributed by atoms with Gasteiger partial charge in [-0.15, -0.1) is 0 Å². The van der Waals surface area contributed by atoms with Gasteiger partial charge in [0.2, 0.25) is 0 Å². The maximum atomic E-state index is 11.8. The summed E-state index contributed by atoms with van der Waals surface area (Å²) in [6.45, 7) is 4.71. The molecular formula is C13H21N3O5S. The molecule has 0 spiro atoms. The van der Waals surface area contributed by atoms with Crippen LogP contribution in [-0.4, -0.2) is 71.4 Å². The van der Waals surface area contributed by atoms with Gasteiger partial charge in [0.1, 0.15) is 5.69 Å². The number of aliphatic hydroxyl groups excluding tert-OH is 1. The van der Waals surface area contributed by atoms with E-state index < -0.39 is 28.0 Å². The molecule has 0 unspecified atom stereocenters. The minimum Gasteiger partial charge on any atom is -0.461 e. The molecule has 1 saturated heterocycles. The van der Waals surface area contributed by atoms with Crippen LogP contribution in [0.15, 0.2) is 6.20 Å². The lowest BCUT2D eigenvalue weighted by atomic mass is 10.1. The number of hydrogen-bond acceptors (Lipinski definition) is 7. The largest absolute Gasteiger partial charge is 0.461 e. The van der Waals surface area contributed by atoms with Crippen LogP contribution in [0.2, 0.25) is 0 Å². The van der Waals surface area contributed by atoms with E-state index in [-0.39, 0.29) is 23.8 Å². The zero-order valence-electron chi connectivity index (χ0n) is 12.7. The standard InChI is InChI=1S/C13H21N3O5S/c1-3-16(10-7-22(19,20)8-11(10)17)6-9-5-14-15-12(9)13(18)21-4-2/h5,10-11,17H,3-4,6-8H2,1-2H3,(H,14,15)/t10-,11-/m1/s1. The van der Waals surface area contributed by atoms with Crippen molar-refractivity contribution in [3.05, 3.63) is 17.5 Å². The summed E-state index contributed by atoms with van der Waals surface area (Å²) in [4.78, 5) is 13.7. The number of likely N-dealkylation sites (N-methyl/N-ethyl adjacent to an activating group) is 1. The van der Waals surface area contributed by atoms with Gasteiger partial charge in [-0.1, -0.05) is 6.92 Å². The van der Waals surface area contributed by atoms with Gasteiger partial charge in [-0.2, -0.15) is 5.10 Å². The van der Waals surface area contributed by atoms with E-state index in [0.717, 1.165) is 0 Å². The summed E-state index contributed by atoms with van der Waals surface area (Å²) in [6, 6.07) is -0.472. The number of nitrogens with one attached hydrogen (secondary N) is 1. The first-order chi connectivity index (χ1) is 10.4. The SMILES string of the molecule is CCOC(=O)c1[nH]ncc1CN(CC)[C@@H]1CS(=O)(=O)C[C@H]1O. The van der Waals surface area contributed by atoms with Crippen molar-refractivity contribution in [2.24, 2.45) is 0 Å². The monoisotopic (exact) mass is 331 g/mol. The number of carbonyl (C=O) groups is 1. The fourth-order valence-electron chi connectivity index (χ4n) is 2.65. The van der Waals surface area contributed by atoms with Crippen LogP contribution in [0.4, 0.5) is 0 Å². The number of ether oxygens (including phenoxy) is 1. The van der Waals surface area contributed by atoms with Gasteiger partial charge in [-0.05, 0) is 13.5 Å². The Morgan fingerprint density at radius 2 is 2.23 bits per heavy atom. The van der Waals surface area contributed by atoms with Crippen molar-refractivity contribution >= 4 is 15.8 Å². The predicted octanol–water partition coefficient (Wildman–Crippen LogP) is -0.434. The lowest BCUT2D eigenvalue weighted by molar-refractivity contribution is 0.0513. The molecule has 22 heavy (non-hydrogen) atoms. The highest BCUT2D eigenvalue weighted by atomic mass is 32.2. The third-order valence-corrected chi connectivity index (χ3v) is 5.44. The number of hydrogen-bond donors (Lipinski definition) is 2. The molecule has 2 heterocycles. The molecule has 1 aliphatic heterocycles. The zero-order valence-corrected chi connectivity index (χ0v) is 13.5. The number of sulfone groups is 1. The minimum atomic E-state index is -3.22. The highest BCUT2D eigenvalue weighted by Crippen LogP contribution is 2.21. The average Bonchev–Trinajstić information content (AvgIpc) is 3.00. The highest BCUT2D eigenvalue weighted by Gasteiger charge is 2.39. The number of aromatic nitrogens is 2. The Balaban J connectivity index is 2.15. The molecule has 1 aromatic heterocycles. The van der Waals surface area contributed by atoms with Gasteiger partial charge in [0.05, 0.1) is 36.5 Å². The molecule has 2 rings (SSSR count). The Labute approximate surface area is 129 Å². The van der Waals surface area contributed by atoms with E-state index in [0.29, 0.717) is 18.7 Å². The number of rotatable bonds is 6. The van der Waals surface area contributed by atoms with Crippen LogP contribution in [0.25, 0.3) is 0 Å². The van der Waals surface area contributed by atoms with Crippen molar-refractivity contribution in [2.45, 2.75) is 32.5 Å². The summed E-state index contributed by atoms with van der Waals surface area (Å²) in [5.41, 5.74) is 0.882. The molecule has 1 fully saturated rings. The number of esters is 1. The van der Waals surface area contributed by atoms with Crippen molar-refractivity contribution in [3.8, 4) is 0 Å². The molecule has 124 valence electrons. The normalized spacial score (nSPS) is 23.8. The molecule has 1 aromatic rings. The van der Waals surface area contributed by atoms with E-state index >= 15 is 0 Å². The second kappa shape index (κ2) is 6.76. The van der Waals surface area contributed by atoms with Gasteiger partial charge in [0.25, 0.3) is 0 Å². The van der Waals surface area contributed by atoms with Gasteiger partial charge in [0.15, 0.2) is 9.84 Å². The van der Waals surface area contributed by atoms with Gasteiger partial charge in [0, 0.05) is 12.1 Å².